The Morgan fingerprint density at radius 1 is 0.833 bits per heavy atom. The van der Waals surface area contributed by atoms with E-state index in [1.54, 1.807) is 0 Å². The molecule has 0 amide bonds. The van der Waals surface area contributed by atoms with E-state index in [1.165, 1.54) is 25.0 Å². The van der Waals surface area contributed by atoms with Gasteiger partial charge in [0.2, 0.25) is 0 Å². The van der Waals surface area contributed by atoms with Crippen molar-refractivity contribution in [2.75, 3.05) is 0 Å². The lowest BCUT2D eigenvalue weighted by atomic mass is 9.45. The fraction of sp³-hybridized carbons (Fsp3) is 0.769. The van der Waals surface area contributed by atoms with Crippen molar-refractivity contribution in [1.82, 2.24) is 0 Å². The largest absolute Gasteiger partial charge is 0.459 e. The van der Waals surface area contributed by atoms with Crippen molar-refractivity contribution >= 4 is 11.9 Å². The molecule has 0 aromatic heterocycles. The molecular formula is C26H36O4. The highest BCUT2D eigenvalue weighted by atomic mass is 16.5. The molecule has 4 heteroatoms. The standard InChI is InChI=1S/C26H36O4/c1-15-19-11-17(25(19,3)4)13-21(15)29-23(27)9-7-8-10-24(28)30-22-14-18-12-20(16(22)2)26(18,5)6/h7,9,15-22H,11-14H2,1-6H3/b9-7+/t15-,16-,17+,18+,19-,20-,21-,22-/m0/s1. The van der Waals surface area contributed by atoms with Gasteiger partial charge in [-0.2, -0.15) is 0 Å². The van der Waals surface area contributed by atoms with Gasteiger partial charge >= 0.3 is 11.9 Å². The summed E-state index contributed by atoms with van der Waals surface area (Å²) in [7, 11) is 0. The first-order valence-electron chi connectivity index (χ1n) is 11.6. The van der Waals surface area contributed by atoms with Crippen molar-refractivity contribution in [2.24, 2.45) is 46.3 Å². The Bertz CT molecular complexity index is 811. The average Bonchev–Trinajstić information content (AvgIpc) is 2.67. The zero-order chi connectivity index (χ0) is 21.8. The Morgan fingerprint density at radius 2 is 1.33 bits per heavy atom. The molecule has 6 rings (SSSR count). The first kappa shape index (κ1) is 21.5. The van der Waals surface area contributed by atoms with Gasteiger partial charge in [-0.1, -0.05) is 47.5 Å². The summed E-state index contributed by atoms with van der Waals surface area (Å²) >= 11 is 0. The molecule has 0 unspecified atom stereocenters. The monoisotopic (exact) mass is 412 g/mol. The Hall–Kier alpha value is -1.76. The van der Waals surface area contributed by atoms with Crippen LogP contribution in [0.3, 0.4) is 0 Å². The number of allylic oxidation sites excluding steroid dienone is 1. The van der Waals surface area contributed by atoms with Crippen molar-refractivity contribution in [2.45, 2.75) is 79.4 Å². The van der Waals surface area contributed by atoms with Crippen molar-refractivity contribution in [3.63, 3.8) is 0 Å². The van der Waals surface area contributed by atoms with Crippen LogP contribution in [0.25, 0.3) is 0 Å². The maximum atomic E-state index is 12.2. The minimum Gasteiger partial charge on any atom is -0.459 e. The van der Waals surface area contributed by atoms with Crippen LogP contribution in [0.15, 0.2) is 12.2 Å². The van der Waals surface area contributed by atoms with Crippen LogP contribution in [0.1, 0.15) is 67.2 Å². The van der Waals surface area contributed by atoms with Gasteiger partial charge < -0.3 is 9.47 Å². The van der Waals surface area contributed by atoms with Crippen molar-refractivity contribution < 1.29 is 19.1 Å². The number of carbonyl (C=O) groups is 2. The molecule has 6 aliphatic rings. The summed E-state index contributed by atoms with van der Waals surface area (Å²) in [6.07, 6.45) is 7.04. The van der Waals surface area contributed by atoms with E-state index in [2.05, 4.69) is 53.4 Å². The van der Waals surface area contributed by atoms with Gasteiger partial charge in [0.25, 0.3) is 0 Å². The minimum atomic E-state index is -0.507. The number of carbonyl (C=O) groups excluding carboxylic acids is 2. The Balaban J connectivity index is 1.23. The summed E-state index contributed by atoms with van der Waals surface area (Å²) in [6, 6.07) is 0. The summed E-state index contributed by atoms with van der Waals surface area (Å²) in [5, 5.41) is 0. The van der Waals surface area contributed by atoms with Crippen molar-refractivity contribution in [3.8, 4) is 11.8 Å². The van der Waals surface area contributed by atoms with Gasteiger partial charge in [-0.3, -0.25) is 0 Å². The van der Waals surface area contributed by atoms with Gasteiger partial charge in [-0.05, 0) is 78.1 Å². The molecule has 4 bridgehead atoms. The number of ether oxygens (including phenoxy) is 2. The molecule has 0 aromatic carbocycles. The second-order valence-electron chi connectivity index (χ2n) is 11.4. The average molecular weight is 413 g/mol. The van der Waals surface area contributed by atoms with Crippen LogP contribution in [0.4, 0.5) is 0 Å². The van der Waals surface area contributed by atoms with E-state index in [9.17, 15) is 9.59 Å². The van der Waals surface area contributed by atoms with Gasteiger partial charge in [0.1, 0.15) is 12.2 Å². The molecule has 0 radical (unpaired) electrons. The van der Waals surface area contributed by atoms with E-state index >= 15 is 0 Å². The zero-order valence-corrected chi connectivity index (χ0v) is 19.2. The second-order valence-corrected chi connectivity index (χ2v) is 11.4. The lowest BCUT2D eigenvalue weighted by Gasteiger charge is -2.61. The quantitative estimate of drug-likeness (QED) is 0.290. The summed E-state index contributed by atoms with van der Waals surface area (Å²) in [5.41, 5.74) is 0.735. The number of hydrogen-bond donors (Lipinski definition) is 0. The molecule has 0 spiro atoms. The van der Waals surface area contributed by atoms with E-state index in [0.717, 1.165) is 12.8 Å². The topological polar surface area (TPSA) is 52.6 Å². The van der Waals surface area contributed by atoms with E-state index in [4.69, 9.17) is 9.47 Å². The van der Waals surface area contributed by atoms with Crippen LogP contribution in [-0.4, -0.2) is 24.1 Å². The molecule has 6 aliphatic carbocycles. The maximum Gasteiger partial charge on any atom is 0.384 e. The normalized spacial score (nSPS) is 42.2. The number of fused-ring (bicyclic) bond motifs is 4. The fourth-order valence-electron chi connectivity index (χ4n) is 7.08. The SMILES string of the molecule is C[C@@H]1[C@@H](OC(=O)C#C/C=C/C(=O)O[C@H]2C[C@H]3C[C@@H]([C@@H]2C)C3(C)C)C[C@H]2C[C@@H]1C2(C)C. The van der Waals surface area contributed by atoms with Gasteiger partial charge in [0.15, 0.2) is 0 Å². The van der Waals surface area contributed by atoms with Gasteiger partial charge in [-0.15, -0.1) is 0 Å². The predicted molar refractivity (Wildman–Crippen MR) is 115 cm³/mol. The third kappa shape index (κ3) is 3.49. The molecule has 0 N–H and O–H groups in total. The van der Waals surface area contributed by atoms with Crippen molar-refractivity contribution in [1.29, 1.82) is 0 Å². The summed E-state index contributed by atoms with van der Waals surface area (Å²) in [5.74, 6) is 7.53. The third-order valence-electron chi connectivity index (χ3n) is 9.57. The van der Waals surface area contributed by atoms with E-state index in [1.807, 2.05) is 0 Å². The fourth-order valence-corrected chi connectivity index (χ4v) is 7.08. The Morgan fingerprint density at radius 3 is 1.80 bits per heavy atom. The molecule has 6 saturated carbocycles. The second kappa shape index (κ2) is 7.43. The van der Waals surface area contributed by atoms with Crippen LogP contribution in [0.5, 0.6) is 0 Å². The molecule has 0 aliphatic heterocycles. The van der Waals surface area contributed by atoms with Crippen LogP contribution >= 0.6 is 0 Å². The number of hydrogen-bond acceptors (Lipinski definition) is 4. The summed E-state index contributed by atoms with van der Waals surface area (Å²) in [6.45, 7) is 13.7. The Labute approximate surface area is 181 Å². The van der Waals surface area contributed by atoms with Crippen LogP contribution in [0, 0.1) is 58.2 Å². The lowest BCUT2D eigenvalue weighted by molar-refractivity contribution is -0.182. The van der Waals surface area contributed by atoms with Crippen molar-refractivity contribution in [3.05, 3.63) is 12.2 Å². The summed E-state index contributed by atoms with van der Waals surface area (Å²) in [4.78, 5) is 24.3. The van der Waals surface area contributed by atoms with Gasteiger partial charge in [0.05, 0.1) is 0 Å². The molecule has 4 nitrogen and oxygen atoms in total. The van der Waals surface area contributed by atoms with Gasteiger partial charge in [-0.25, -0.2) is 9.59 Å². The van der Waals surface area contributed by atoms with Gasteiger partial charge in [0, 0.05) is 12.0 Å². The molecule has 30 heavy (non-hydrogen) atoms. The third-order valence-corrected chi connectivity index (χ3v) is 9.57. The minimum absolute atomic E-state index is 0.0136. The molecule has 0 heterocycles. The molecule has 0 aromatic rings. The zero-order valence-electron chi connectivity index (χ0n) is 19.2. The lowest BCUT2D eigenvalue weighted by Crippen LogP contribution is -2.57. The first-order chi connectivity index (χ1) is 14.0. The first-order valence-corrected chi connectivity index (χ1v) is 11.6. The van der Waals surface area contributed by atoms with E-state index in [0.29, 0.717) is 46.3 Å². The summed E-state index contributed by atoms with van der Waals surface area (Å²) < 4.78 is 11.3. The highest BCUT2D eigenvalue weighted by Gasteiger charge is 2.58. The maximum absolute atomic E-state index is 12.2. The molecule has 8 atom stereocenters. The highest BCUT2D eigenvalue weighted by molar-refractivity contribution is 5.89. The molecule has 164 valence electrons. The van der Waals surface area contributed by atoms with Crippen LogP contribution < -0.4 is 0 Å². The van der Waals surface area contributed by atoms with E-state index in [-0.39, 0.29) is 18.2 Å². The van der Waals surface area contributed by atoms with Crippen LogP contribution in [0.2, 0.25) is 0 Å². The molecular weight excluding hydrogens is 376 g/mol. The predicted octanol–water partition coefficient (Wildman–Crippen LogP) is 4.77. The number of rotatable bonds is 3. The molecule has 0 saturated heterocycles. The molecule has 6 fully saturated rings. The Kier molecular flexibility index (Phi) is 5.32. The highest BCUT2D eigenvalue weighted by Crippen LogP contribution is 2.62. The van der Waals surface area contributed by atoms with Crippen LogP contribution in [-0.2, 0) is 19.1 Å². The number of esters is 2. The van der Waals surface area contributed by atoms with E-state index < -0.39 is 5.97 Å². The smallest absolute Gasteiger partial charge is 0.384 e.